The number of benzene rings is 2. The van der Waals surface area contributed by atoms with Gasteiger partial charge < -0.3 is 4.74 Å². The first kappa shape index (κ1) is 19.4. The third-order valence-corrected chi connectivity index (χ3v) is 6.29. The quantitative estimate of drug-likeness (QED) is 0.714. The van der Waals surface area contributed by atoms with Crippen LogP contribution in [0.25, 0.3) is 0 Å². The lowest BCUT2D eigenvalue weighted by Crippen LogP contribution is -2.57. The molecule has 2 aliphatic rings. The SMILES string of the molecule is CC(C)(C)c1ccc(C(=O)C2CC3COCC(C2)N3Cc2ccccc2)cc1. The molecule has 0 N–H and O–H groups in total. The van der Waals surface area contributed by atoms with Crippen molar-refractivity contribution in [1.29, 1.82) is 0 Å². The molecule has 0 amide bonds. The number of carbonyl (C=O) groups excluding carboxylic acids is 1. The molecule has 2 aromatic carbocycles. The Morgan fingerprint density at radius 3 is 2.14 bits per heavy atom. The van der Waals surface area contributed by atoms with E-state index >= 15 is 0 Å². The second kappa shape index (κ2) is 7.81. The Kier molecular flexibility index (Phi) is 5.39. The number of nitrogens with zero attached hydrogens (tertiary/aromatic N) is 1. The van der Waals surface area contributed by atoms with E-state index in [-0.39, 0.29) is 11.3 Å². The highest BCUT2D eigenvalue weighted by molar-refractivity contribution is 5.98. The molecule has 2 atom stereocenters. The maximum atomic E-state index is 13.2. The van der Waals surface area contributed by atoms with Crippen LogP contribution >= 0.6 is 0 Å². The summed E-state index contributed by atoms with van der Waals surface area (Å²) < 4.78 is 5.84. The van der Waals surface area contributed by atoms with Crippen LogP contribution in [0.1, 0.15) is 55.1 Å². The minimum atomic E-state index is 0.103. The van der Waals surface area contributed by atoms with Crippen LogP contribution in [0.2, 0.25) is 0 Å². The molecule has 3 heteroatoms. The van der Waals surface area contributed by atoms with Crippen LogP contribution < -0.4 is 0 Å². The van der Waals surface area contributed by atoms with Crippen LogP contribution in [0.4, 0.5) is 0 Å². The average Bonchev–Trinajstić information content (AvgIpc) is 2.67. The van der Waals surface area contributed by atoms with E-state index in [4.69, 9.17) is 4.74 Å². The normalized spacial score (nSPS) is 25.5. The monoisotopic (exact) mass is 377 g/mol. The Labute approximate surface area is 168 Å². The third kappa shape index (κ3) is 4.06. The molecule has 2 saturated heterocycles. The summed E-state index contributed by atoms with van der Waals surface area (Å²) in [4.78, 5) is 15.8. The Hall–Kier alpha value is -1.97. The van der Waals surface area contributed by atoms with Crippen molar-refractivity contribution in [3.63, 3.8) is 0 Å². The Morgan fingerprint density at radius 1 is 0.964 bits per heavy atom. The summed E-state index contributed by atoms with van der Waals surface area (Å²) in [5.74, 6) is 0.406. The van der Waals surface area contributed by atoms with Gasteiger partial charge in [-0.2, -0.15) is 0 Å². The first-order valence-electron chi connectivity index (χ1n) is 10.4. The molecule has 2 aromatic rings. The van der Waals surface area contributed by atoms with Crippen molar-refractivity contribution in [1.82, 2.24) is 4.90 Å². The van der Waals surface area contributed by atoms with Crippen molar-refractivity contribution in [2.75, 3.05) is 13.2 Å². The highest BCUT2D eigenvalue weighted by Crippen LogP contribution is 2.35. The lowest BCUT2D eigenvalue weighted by molar-refractivity contribution is -0.0872. The molecule has 2 bridgehead atoms. The van der Waals surface area contributed by atoms with Crippen LogP contribution in [0.3, 0.4) is 0 Å². The van der Waals surface area contributed by atoms with Gasteiger partial charge in [-0.25, -0.2) is 0 Å². The smallest absolute Gasteiger partial charge is 0.166 e. The van der Waals surface area contributed by atoms with Gasteiger partial charge in [0.1, 0.15) is 0 Å². The van der Waals surface area contributed by atoms with Crippen molar-refractivity contribution < 1.29 is 9.53 Å². The van der Waals surface area contributed by atoms with Gasteiger partial charge >= 0.3 is 0 Å². The second-order valence-corrected chi connectivity index (χ2v) is 9.36. The van der Waals surface area contributed by atoms with E-state index in [0.29, 0.717) is 17.9 Å². The maximum absolute atomic E-state index is 13.2. The Morgan fingerprint density at radius 2 is 1.57 bits per heavy atom. The first-order valence-corrected chi connectivity index (χ1v) is 10.4. The molecular weight excluding hydrogens is 346 g/mol. The molecule has 148 valence electrons. The zero-order valence-corrected chi connectivity index (χ0v) is 17.2. The topological polar surface area (TPSA) is 29.5 Å². The van der Waals surface area contributed by atoms with Crippen LogP contribution in [0, 0.1) is 5.92 Å². The number of rotatable bonds is 4. The minimum Gasteiger partial charge on any atom is -0.378 e. The number of ketones is 1. The molecule has 0 radical (unpaired) electrons. The molecule has 3 nitrogen and oxygen atoms in total. The fourth-order valence-electron chi connectivity index (χ4n) is 4.63. The maximum Gasteiger partial charge on any atom is 0.166 e. The van der Waals surface area contributed by atoms with Gasteiger partial charge in [-0.3, -0.25) is 9.69 Å². The molecule has 0 saturated carbocycles. The lowest BCUT2D eigenvalue weighted by atomic mass is 9.79. The van der Waals surface area contributed by atoms with Gasteiger partial charge in [0.05, 0.1) is 13.2 Å². The number of piperidine rings is 1. The Balaban J connectivity index is 1.47. The van der Waals surface area contributed by atoms with Gasteiger partial charge in [-0.15, -0.1) is 0 Å². The molecule has 2 fully saturated rings. The molecule has 2 unspecified atom stereocenters. The number of ether oxygens (including phenoxy) is 1. The van der Waals surface area contributed by atoms with Crippen LogP contribution in [0.15, 0.2) is 54.6 Å². The third-order valence-electron chi connectivity index (χ3n) is 6.29. The summed E-state index contributed by atoms with van der Waals surface area (Å²) in [5.41, 5.74) is 3.57. The van der Waals surface area contributed by atoms with Crippen molar-refractivity contribution in [3.05, 3.63) is 71.3 Å². The Bertz CT molecular complexity index is 793. The molecule has 4 rings (SSSR count). The number of hydrogen-bond acceptors (Lipinski definition) is 3. The molecule has 28 heavy (non-hydrogen) atoms. The van der Waals surface area contributed by atoms with Crippen LogP contribution in [-0.4, -0.2) is 36.0 Å². The number of morpholine rings is 1. The van der Waals surface area contributed by atoms with Gasteiger partial charge in [0.25, 0.3) is 0 Å². The van der Waals surface area contributed by atoms with E-state index in [1.54, 1.807) is 0 Å². The number of hydrogen-bond donors (Lipinski definition) is 0. The fraction of sp³-hybridized carbons (Fsp3) is 0.480. The number of Topliss-reactive ketones (excluding diaryl/α,β-unsaturated/α-hetero) is 1. The van der Waals surface area contributed by atoms with Crippen molar-refractivity contribution in [2.45, 2.75) is 57.7 Å². The van der Waals surface area contributed by atoms with E-state index in [1.807, 2.05) is 12.1 Å². The van der Waals surface area contributed by atoms with E-state index in [9.17, 15) is 4.79 Å². The van der Waals surface area contributed by atoms with Gasteiger partial charge in [-0.05, 0) is 29.4 Å². The van der Waals surface area contributed by atoms with Crippen molar-refractivity contribution in [2.24, 2.45) is 5.92 Å². The van der Waals surface area contributed by atoms with E-state index < -0.39 is 0 Å². The van der Waals surface area contributed by atoms with Crippen LogP contribution in [0.5, 0.6) is 0 Å². The highest BCUT2D eigenvalue weighted by atomic mass is 16.5. The van der Waals surface area contributed by atoms with Crippen LogP contribution in [-0.2, 0) is 16.7 Å². The number of carbonyl (C=O) groups is 1. The minimum absolute atomic E-state index is 0.103. The van der Waals surface area contributed by atoms with Crippen molar-refractivity contribution >= 4 is 5.78 Å². The zero-order valence-electron chi connectivity index (χ0n) is 17.2. The predicted octanol–water partition coefficient (Wildman–Crippen LogP) is 4.85. The molecule has 0 aliphatic carbocycles. The number of fused-ring (bicyclic) bond motifs is 2. The van der Waals surface area contributed by atoms with Gasteiger partial charge in [-0.1, -0.05) is 75.4 Å². The summed E-state index contributed by atoms with van der Waals surface area (Å²) >= 11 is 0. The molecule has 2 heterocycles. The fourth-order valence-corrected chi connectivity index (χ4v) is 4.63. The summed E-state index contributed by atoms with van der Waals surface area (Å²) in [6.07, 6.45) is 1.78. The van der Waals surface area contributed by atoms with E-state index in [2.05, 4.69) is 68.1 Å². The largest absolute Gasteiger partial charge is 0.378 e. The lowest BCUT2D eigenvalue weighted by Gasteiger charge is -2.48. The standard InChI is InChI=1S/C25H31NO2/c1-25(2,3)21-11-9-19(10-12-21)24(27)20-13-22-16-28-17-23(14-20)26(22)15-18-7-5-4-6-8-18/h4-12,20,22-23H,13-17H2,1-3H3. The van der Waals surface area contributed by atoms with Gasteiger partial charge in [0.2, 0.25) is 0 Å². The first-order chi connectivity index (χ1) is 13.4. The van der Waals surface area contributed by atoms with E-state index in [1.165, 1.54) is 11.1 Å². The summed E-state index contributed by atoms with van der Waals surface area (Å²) in [7, 11) is 0. The predicted molar refractivity (Wildman–Crippen MR) is 113 cm³/mol. The average molecular weight is 378 g/mol. The highest BCUT2D eigenvalue weighted by Gasteiger charge is 2.41. The summed E-state index contributed by atoms with van der Waals surface area (Å²) in [6, 6.07) is 19.5. The van der Waals surface area contributed by atoms with E-state index in [0.717, 1.165) is 38.2 Å². The van der Waals surface area contributed by atoms with Gasteiger partial charge in [0.15, 0.2) is 5.78 Å². The molecule has 0 aromatic heterocycles. The molecule has 0 spiro atoms. The zero-order chi connectivity index (χ0) is 19.7. The summed E-state index contributed by atoms with van der Waals surface area (Å²) in [6.45, 7) is 9.02. The molecule has 2 aliphatic heterocycles. The van der Waals surface area contributed by atoms with Gasteiger partial charge in [0, 0.05) is 30.1 Å². The molecular formula is C25H31NO2. The van der Waals surface area contributed by atoms with Crippen molar-refractivity contribution in [3.8, 4) is 0 Å². The second-order valence-electron chi connectivity index (χ2n) is 9.36. The summed E-state index contributed by atoms with van der Waals surface area (Å²) in [5, 5.41) is 0.